The van der Waals surface area contributed by atoms with Gasteiger partial charge in [0, 0.05) is 23.5 Å². The van der Waals surface area contributed by atoms with Crippen molar-refractivity contribution in [2.75, 3.05) is 17.2 Å². The standard InChI is InChI=1S/C17H20N2O/c1-3-13-5-9-16(10-6-13)19-17(20)14-7-11-15(12-8-14)18-4-2/h5-12,18H,3-4H2,1-2H3,(H,19,20). The van der Waals surface area contributed by atoms with Gasteiger partial charge < -0.3 is 10.6 Å². The maximum Gasteiger partial charge on any atom is 0.255 e. The van der Waals surface area contributed by atoms with E-state index in [4.69, 9.17) is 0 Å². The van der Waals surface area contributed by atoms with Crippen LogP contribution in [0, 0.1) is 0 Å². The van der Waals surface area contributed by atoms with Gasteiger partial charge in [-0.3, -0.25) is 4.79 Å². The van der Waals surface area contributed by atoms with Crippen LogP contribution in [0.15, 0.2) is 48.5 Å². The third-order valence-corrected chi connectivity index (χ3v) is 3.15. The topological polar surface area (TPSA) is 41.1 Å². The van der Waals surface area contributed by atoms with E-state index in [0.29, 0.717) is 5.56 Å². The van der Waals surface area contributed by atoms with Crippen LogP contribution in [-0.2, 0) is 6.42 Å². The minimum Gasteiger partial charge on any atom is -0.385 e. The molecule has 0 spiro atoms. The molecule has 2 aromatic rings. The Balaban J connectivity index is 2.03. The monoisotopic (exact) mass is 268 g/mol. The molecule has 0 fully saturated rings. The predicted molar refractivity (Wildman–Crippen MR) is 84.4 cm³/mol. The molecular weight excluding hydrogens is 248 g/mol. The minimum atomic E-state index is -0.0858. The molecule has 2 aromatic carbocycles. The highest BCUT2D eigenvalue weighted by Crippen LogP contribution is 2.13. The molecule has 3 heteroatoms. The molecular formula is C17H20N2O. The lowest BCUT2D eigenvalue weighted by atomic mass is 10.1. The van der Waals surface area contributed by atoms with Crippen molar-refractivity contribution < 1.29 is 4.79 Å². The first-order valence-corrected chi connectivity index (χ1v) is 6.97. The largest absolute Gasteiger partial charge is 0.385 e. The Morgan fingerprint density at radius 3 is 2.05 bits per heavy atom. The molecule has 104 valence electrons. The van der Waals surface area contributed by atoms with Crippen molar-refractivity contribution in [3.05, 3.63) is 59.7 Å². The van der Waals surface area contributed by atoms with E-state index in [1.54, 1.807) is 0 Å². The molecule has 1 amide bonds. The van der Waals surface area contributed by atoms with Crippen LogP contribution in [0.3, 0.4) is 0 Å². The van der Waals surface area contributed by atoms with Crippen LogP contribution < -0.4 is 10.6 Å². The summed E-state index contributed by atoms with van der Waals surface area (Å²) >= 11 is 0. The maximum absolute atomic E-state index is 12.1. The molecule has 0 aliphatic carbocycles. The van der Waals surface area contributed by atoms with E-state index in [1.807, 2.05) is 55.5 Å². The van der Waals surface area contributed by atoms with Crippen molar-refractivity contribution in [2.45, 2.75) is 20.3 Å². The lowest BCUT2D eigenvalue weighted by Gasteiger charge is -2.07. The summed E-state index contributed by atoms with van der Waals surface area (Å²) < 4.78 is 0. The lowest BCUT2D eigenvalue weighted by Crippen LogP contribution is -2.11. The SMILES string of the molecule is CCNc1ccc(C(=O)Nc2ccc(CC)cc2)cc1. The average Bonchev–Trinajstić information content (AvgIpc) is 2.49. The molecule has 0 saturated carbocycles. The fraction of sp³-hybridized carbons (Fsp3) is 0.235. The number of hydrogen-bond donors (Lipinski definition) is 2. The smallest absolute Gasteiger partial charge is 0.255 e. The van der Waals surface area contributed by atoms with Crippen molar-refractivity contribution >= 4 is 17.3 Å². The third-order valence-electron chi connectivity index (χ3n) is 3.15. The molecule has 0 bridgehead atoms. The lowest BCUT2D eigenvalue weighted by molar-refractivity contribution is 0.102. The molecule has 0 heterocycles. The summed E-state index contributed by atoms with van der Waals surface area (Å²) in [5.41, 5.74) is 3.77. The van der Waals surface area contributed by atoms with Gasteiger partial charge in [0.2, 0.25) is 0 Å². The average molecular weight is 268 g/mol. The van der Waals surface area contributed by atoms with Crippen LogP contribution in [-0.4, -0.2) is 12.5 Å². The van der Waals surface area contributed by atoms with Crippen molar-refractivity contribution in [1.82, 2.24) is 0 Å². The van der Waals surface area contributed by atoms with Gasteiger partial charge in [-0.1, -0.05) is 19.1 Å². The van der Waals surface area contributed by atoms with Crippen molar-refractivity contribution in [3.63, 3.8) is 0 Å². The van der Waals surface area contributed by atoms with Crippen molar-refractivity contribution in [1.29, 1.82) is 0 Å². The normalized spacial score (nSPS) is 10.1. The number of carbonyl (C=O) groups excluding carboxylic acids is 1. The summed E-state index contributed by atoms with van der Waals surface area (Å²) in [7, 11) is 0. The predicted octanol–water partition coefficient (Wildman–Crippen LogP) is 3.93. The molecule has 0 saturated heterocycles. The first kappa shape index (κ1) is 14.1. The second kappa shape index (κ2) is 6.75. The molecule has 0 aliphatic rings. The van der Waals surface area contributed by atoms with E-state index in [1.165, 1.54) is 5.56 Å². The third kappa shape index (κ3) is 3.60. The van der Waals surface area contributed by atoms with Crippen molar-refractivity contribution in [3.8, 4) is 0 Å². The number of rotatable bonds is 5. The highest BCUT2D eigenvalue weighted by molar-refractivity contribution is 6.04. The Hall–Kier alpha value is -2.29. The number of benzene rings is 2. The maximum atomic E-state index is 12.1. The summed E-state index contributed by atoms with van der Waals surface area (Å²) in [5, 5.41) is 6.11. The summed E-state index contributed by atoms with van der Waals surface area (Å²) in [6, 6.07) is 15.4. The number of nitrogens with one attached hydrogen (secondary N) is 2. The molecule has 20 heavy (non-hydrogen) atoms. The molecule has 2 rings (SSSR count). The van der Waals surface area contributed by atoms with Crippen LogP contribution in [0.1, 0.15) is 29.8 Å². The molecule has 0 unspecified atom stereocenters. The van der Waals surface area contributed by atoms with E-state index in [-0.39, 0.29) is 5.91 Å². The summed E-state index contributed by atoms with van der Waals surface area (Å²) in [4.78, 5) is 12.1. The molecule has 0 atom stereocenters. The van der Waals surface area contributed by atoms with Gasteiger partial charge in [0.15, 0.2) is 0 Å². The Kier molecular flexibility index (Phi) is 4.77. The first-order valence-electron chi connectivity index (χ1n) is 6.97. The number of hydrogen-bond acceptors (Lipinski definition) is 2. The van der Waals surface area contributed by atoms with Gasteiger partial charge in [-0.25, -0.2) is 0 Å². The van der Waals surface area contributed by atoms with E-state index < -0.39 is 0 Å². The summed E-state index contributed by atoms with van der Waals surface area (Å²) in [5.74, 6) is -0.0858. The van der Waals surface area contributed by atoms with Crippen LogP contribution in [0.4, 0.5) is 11.4 Å². The number of amides is 1. The second-order valence-corrected chi connectivity index (χ2v) is 4.61. The van der Waals surface area contributed by atoms with Gasteiger partial charge in [-0.2, -0.15) is 0 Å². The number of anilines is 2. The van der Waals surface area contributed by atoms with Crippen LogP contribution in [0.2, 0.25) is 0 Å². The molecule has 0 aliphatic heterocycles. The first-order chi connectivity index (χ1) is 9.72. The van der Waals surface area contributed by atoms with Crippen molar-refractivity contribution in [2.24, 2.45) is 0 Å². The zero-order chi connectivity index (χ0) is 14.4. The molecule has 2 N–H and O–H groups in total. The minimum absolute atomic E-state index is 0.0858. The Morgan fingerprint density at radius 2 is 1.50 bits per heavy atom. The fourth-order valence-corrected chi connectivity index (χ4v) is 1.97. The Bertz CT molecular complexity index is 559. The summed E-state index contributed by atoms with van der Waals surface area (Å²) in [6.45, 7) is 5.02. The highest BCUT2D eigenvalue weighted by Gasteiger charge is 2.05. The Labute approximate surface area is 120 Å². The summed E-state index contributed by atoms with van der Waals surface area (Å²) in [6.07, 6.45) is 1.00. The zero-order valence-electron chi connectivity index (χ0n) is 11.9. The fourth-order valence-electron chi connectivity index (χ4n) is 1.97. The van der Waals surface area contributed by atoms with Crippen LogP contribution in [0.5, 0.6) is 0 Å². The van der Waals surface area contributed by atoms with E-state index >= 15 is 0 Å². The van der Waals surface area contributed by atoms with Gasteiger partial charge in [0.25, 0.3) is 5.91 Å². The highest BCUT2D eigenvalue weighted by atomic mass is 16.1. The van der Waals surface area contributed by atoms with Gasteiger partial charge in [-0.05, 0) is 55.3 Å². The van der Waals surface area contributed by atoms with Gasteiger partial charge >= 0.3 is 0 Å². The van der Waals surface area contributed by atoms with E-state index in [9.17, 15) is 4.79 Å². The van der Waals surface area contributed by atoms with Gasteiger partial charge in [0.1, 0.15) is 0 Å². The van der Waals surface area contributed by atoms with Gasteiger partial charge in [0.05, 0.1) is 0 Å². The zero-order valence-corrected chi connectivity index (χ0v) is 11.9. The number of aryl methyl sites for hydroxylation is 1. The quantitative estimate of drug-likeness (QED) is 0.862. The van der Waals surface area contributed by atoms with Crippen LogP contribution >= 0.6 is 0 Å². The Morgan fingerprint density at radius 1 is 0.900 bits per heavy atom. The van der Waals surface area contributed by atoms with E-state index in [0.717, 1.165) is 24.3 Å². The second-order valence-electron chi connectivity index (χ2n) is 4.61. The molecule has 0 radical (unpaired) electrons. The number of carbonyl (C=O) groups is 1. The van der Waals surface area contributed by atoms with Crippen LogP contribution in [0.25, 0.3) is 0 Å². The molecule has 3 nitrogen and oxygen atoms in total. The molecule has 0 aromatic heterocycles. The van der Waals surface area contributed by atoms with Gasteiger partial charge in [-0.15, -0.1) is 0 Å². The van der Waals surface area contributed by atoms with E-state index in [2.05, 4.69) is 17.6 Å².